The van der Waals surface area contributed by atoms with Crippen LogP contribution in [0.1, 0.15) is 58.2 Å². The second-order valence-corrected chi connectivity index (χ2v) is 8.61. The molecule has 1 heterocycles. The van der Waals surface area contributed by atoms with Crippen molar-refractivity contribution >= 4 is 5.97 Å². The van der Waals surface area contributed by atoms with Gasteiger partial charge in [-0.05, 0) is 53.3 Å². The Labute approximate surface area is 195 Å². The molecule has 2 atom stereocenters. The Hall–Kier alpha value is -3.92. The van der Waals surface area contributed by atoms with Gasteiger partial charge in [-0.2, -0.15) is 5.26 Å². The molecule has 1 aliphatic heterocycles. The summed E-state index contributed by atoms with van der Waals surface area (Å²) >= 11 is 0. The van der Waals surface area contributed by atoms with Gasteiger partial charge >= 0.3 is 5.97 Å². The van der Waals surface area contributed by atoms with Crippen molar-refractivity contribution in [1.82, 2.24) is 0 Å². The number of carbonyl (C=O) groups is 1. The van der Waals surface area contributed by atoms with E-state index in [-0.39, 0.29) is 30.4 Å². The Bertz CT molecular complexity index is 1330. The molecule has 2 aliphatic rings. The maximum atomic E-state index is 14.3. The van der Waals surface area contributed by atoms with E-state index in [1.807, 2.05) is 18.2 Å². The lowest BCUT2D eigenvalue weighted by atomic mass is 9.92. The van der Waals surface area contributed by atoms with Gasteiger partial charge in [0.15, 0.2) is 11.6 Å². The van der Waals surface area contributed by atoms with Gasteiger partial charge in [0.05, 0.1) is 24.7 Å². The van der Waals surface area contributed by atoms with Gasteiger partial charge in [-0.25, -0.2) is 8.78 Å². The highest BCUT2D eigenvalue weighted by atomic mass is 19.2. The van der Waals surface area contributed by atoms with Gasteiger partial charge in [0.25, 0.3) is 0 Å². The highest BCUT2D eigenvalue weighted by Gasteiger charge is 2.30. The van der Waals surface area contributed by atoms with E-state index in [1.165, 1.54) is 12.1 Å². The van der Waals surface area contributed by atoms with Gasteiger partial charge in [-0.3, -0.25) is 4.79 Å². The summed E-state index contributed by atoms with van der Waals surface area (Å²) in [5.74, 6) is -1.61. The average molecular weight is 461 g/mol. The molecule has 0 spiro atoms. The Morgan fingerprint density at radius 3 is 2.79 bits per heavy atom. The molecule has 5 rings (SSSR count). The highest BCUT2D eigenvalue weighted by Crippen LogP contribution is 2.42. The van der Waals surface area contributed by atoms with Gasteiger partial charge in [-0.15, -0.1) is 0 Å². The predicted molar refractivity (Wildman–Crippen MR) is 119 cm³/mol. The van der Waals surface area contributed by atoms with E-state index in [0.29, 0.717) is 42.1 Å². The van der Waals surface area contributed by atoms with Crippen LogP contribution in [0.4, 0.5) is 8.78 Å². The molecule has 172 valence electrons. The summed E-state index contributed by atoms with van der Waals surface area (Å²) in [6.45, 7) is 0.328. The van der Waals surface area contributed by atoms with Crippen molar-refractivity contribution in [2.24, 2.45) is 0 Å². The molecule has 0 saturated carbocycles. The summed E-state index contributed by atoms with van der Waals surface area (Å²) in [5, 5.41) is 18.7. The average Bonchev–Trinajstić information content (AvgIpc) is 3.41. The Kier molecular flexibility index (Phi) is 5.66. The van der Waals surface area contributed by atoms with Crippen molar-refractivity contribution in [3.8, 4) is 17.6 Å². The molecule has 0 saturated heterocycles. The minimum atomic E-state index is -0.908. The van der Waals surface area contributed by atoms with Crippen LogP contribution in [-0.4, -0.2) is 17.7 Å². The van der Waals surface area contributed by atoms with Crippen LogP contribution >= 0.6 is 0 Å². The van der Waals surface area contributed by atoms with Crippen LogP contribution < -0.4 is 9.47 Å². The third-order valence-corrected chi connectivity index (χ3v) is 6.55. The molecule has 0 amide bonds. The molecular formula is C27H21F2NO4. The lowest BCUT2D eigenvalue weighted by Crippen LogP contribution is -2.07. The van der Waals surface area contributed by atoms with E-state index in [9.17, 15) is 18.8 Å². The molecule has 3 aromatic carbocycles. The summed E-state index contributed by atoms with van der Waals surface area (Å²) in [5.41, 5.74) is 4.08. The molecule has 1 N–H and O–H groups in total. The third-order valence-electron chi connectivity index (χ3n) is 6.55. The maximum absolute atomic E-state index is 14.3. The smallest absolute Gasteiger partial charge is 0.304 e. The molecule has 34 heavy (non-hydrogen) atoms. The normalized spacial score (nSPS) is 18.0. The number of ether oxygens (including phenoxy) is 2. The molecular weight excluding hydrogens is 440 g/mol. The number of hydrogen-bond donors (Lipinski definition) is 1. The molecule has 1 aliphatic carbocycles. The standard InChI is InChI=1S/C27H21F2NO4/c28-23-3-1-2-15(27(23)29)10-22-16(13-30)4-6-21-20(22)8-9-24(21)34-18-5-7-19-17(11-26(31)32)14-33-25(19)12-18/h1-7,12,17,24H,8-11,14H2,(H,31,32)/t17?,24-/m1/s1. The van der Waals surface area contributed by atoms with E-state index < -0.39 is 17.6 Å². The summed E-state index contributed by atoms with van der Waals surface area (Å²) in [7, 11) is 0. The lowest BCUT2D eigenvalue weighted by Gasteiger charge is -2.17. The first kappa shape index (κ1) is 21.9. The van der Waals surface area contributed by atoms with E-state index in [4.69, 9.17) is 14.6 Å². The summed E-state index contributed by atoms with van der Waals surface area (Å²) in [6.07, 6.45) is 1.22. The first-order valence-corrected chi connectivity index (χ1v) is 11.1. The SMILES string of the molecule is N#Cc1ccc2c(c1Cc1cccc(F)c1F)CC[C@H]2Oc1ccc2c(c1)OCC2CC(=O)O. The number of fused-ring (bicyclic) bond motifs is 2. The van der Waals surface area contributed by atoms with Crippen molar-refractivity contribution in [1.29, 1.82) is 5.26 Å². The number of halogens is 2. The number of hydrogen-bond acceptors (Lipinski definition) is 4. The van der Waals surface area contributed by atoms with Crippen molar-refractivity contribution in [2.75, 3.05) is 6.61 Å². The first-order valence-electron chi connectivity index (χ1n) is 11.1. The number of rotatable bonds is 6. The van der Waals surface area contributed by atoms with E-state index in [2.05, 4.69) is 6.07 Å². The first-order chi connectivity index (χ1) is 16.4. The molecule has 0 fully saturated rings. The van der Waals surface area contributed by atoms with Gasteiger partial charge in [0.2, 0.25) is 0 Å². The molecule has 7 heteroatoms. The zero-order chi connectivity index (χ0) is 23.8. The van der Waals surface area contributed by atoms with Crippen LogP contribution in [0.2, 0.25) is 0 Å². The second kappa shape index (κ2) is 8.79. The zero-order valence-corrected chi connectivity index (χ0v) is 18.2. The molecule has 3 aromatic rings. The van der Waals surface area contributed by atoms with Crippen molar-refractivity contribution < 1.29 is 28.2 Å². The largest absolute Gasteiger partial charge is 0.492 e. The topological polar surface area (TPSA) is 79.5 Å². The number of nitriles is 1. The van der Waals surface area contributed by atoms with Gasteiger partial charge in [0, 0.05) is 24.0 Å². The van der Waals surface area contributed by atoms with Gasteiger partial charge < -0.3 is 14.6 Å². The molecule has 0 aromatic heterocycles. The van der Waals surface area contributed by atoms with Crippen LogP contribution in [0, 0.1) is 23.0 Å². The molecule has 1 unspecified atom stereocenters. The fourth-order valence-corrected chi connectivity index (χ4v) is 4.92. The van der Waals surface area contributed by atoms with E-state index in [0.717, 1.165) is 22.8 Å². The third kappa shape index (κ3) is 3.96. The Morgan fingerprint density at radius 2 is 2.00 bits per heavy atom. The molecule has 0 radical (unpaired) electrons. The van der Waals surface area contributed by atoms with Crippen molar-refractivity contribution in [3.05, 3.63) is 93.5 Å². The monoisotopic (exact) mass is 461 g/mol. The van der Waals surface area contributed by atoms with Crippen molar-refractivity contribution in [2.45, 2.75) is 37.7 Å². The summed E-state index contributed by atoms with van der Waals surface area (Å²) in [6, 6.07) is 15.3. The van der Waals surface area contributed by atoms with Gasteiger partial charge in [0.1, 0.15) is 17.6 Å². The van der Waals surface area contributed by atoms with Crippen LogP contribution in [0.25, 0.3) is 0 Å². The van der Waals surface area contributed by atoms with E-state index >= 15 is 0 Å². The number of aliphatic carboxylic acids is 1. The number of nitrogens with zero attached hydrogens (tertiary/aromatic N) is 1. The number of benzene rings is 3. The number of carboxylic acids is 1. The van der Waals surface area contributed by atoms with Crippen molar-refractivity contribution in [3.63, 3.8) is 0 Å². The second-order valence-electron chi connectivity index (χ2n) is 8.61. The summed E-state index contributed by atoms with van der Waals surface area (Å²) in [4.78, 5) is 11.1. The summed E-state index contributed by atoms with van der Waals surface area (Å²) < 4.78 is 40.0. The Balaban J connectivity index is 1.41. The van der Waals surface area contributed by atoms with Crippen LogP contribution in [0.5, 0.6) is 11.5 Å². The predicted octanol–water partition coefficient (Wildman–Crippen LogP) is 5.44. The fraction of sp³-hybridized carbons (Fsp3) is 0.259. The number of carboxylic acid groups (broad SMARTS) is 1. The van der Waals surface area contributed by atoms with Crippen LogP contribution in [-0.2, 0) is 17.6 Å². The lowest BCUT2D eigenvalue weighted by molar-refractivity contribution is -0.137. The fourth-order valence-electron chi connectivity index (χ4n) is 4.92. The van der Waals surface area contributed by atoms with Gasteiger partial charge in [-0.1, -0.05) is 24.3 Å². The maximum Gasteiger partial charge on any atom is 0.304 e. The minimum absolute atomic E-state index is 0.0130. The molecule has 5 nitrogen and oxygen atoms in total. The molecule has 0 bridgehead atoms. The minimum Gasteiger partial charge on any atom is -0.492 e. The zero-order valence-electron chi connectivity index (χ0n) is 18.2. The van der Waals surface area contributed by atoms with Crippen LogP contribution in [0.15, 0.2) is 48.5 Å². The highest BCUT2D eigenvalue weighted by molar-refractivity contribution is 5.68. The van der Waals surface area contributed by atoms with Crippen LogP contribution in [0.3, 0.4) is 0 Å². The Morgan fingerprint density at radius 1 is 1.18 bits per heavy atom. The quantitative estimate of drug-likeness (QED) is 0.529. The van der Waals surface area contributed by atoms with E-state index in [1.54, 1.807) is 12.1 Å².